The number of carbonyl (C=O) groups excluding carboxylic acids is 1. The summed E-state index contributed by atoms with van der Waals surface area (Å²) in [6.45, 7) is 1.89. The first-order valence-electron chi connectivity index (χ1n) is 8.06. The Morgan fingerprint density at radius 3 is 2.08 bits per heavy atom. The van der Waals surface area contributed by atoms with Crippen LogP contribution in [0.2, 0.25) is 10.0 Å². The van der Waals surface area contributed by atoms with Crippen molar-refractivity contribution in [3.05, 3.63) is 81.9 Å². The monoisotopic (exact) mass is 391 g/mol. The van der Waals surface area contributed by atoms with Crippen LogP contribution in [0.3, 0.4) is 0 Å². The van der Waals surface area contributed by atoms with Crippen molar-refractivity contribution in [2.75, 3.05) is 0 Å². The summed E-state index contributed by atoms with van der Waals surface area (Å²) in [4.78, 5) is 22.5. The predicted octanol–water partition coefficient (Wildman–Crippen LogP) is 4.47. The van der Waals surface area contributed by atoms with Gasteiger partial charge >= 0.3 is 5.97 Å². The Hall–Kier alpha value is -2.30. The van der Waals surface area contributed by atoms with Crippen LogP contribution >= 0.6 is 23.2 Å². The van der Waals surface area contributed by atoms with E-state index >= 15 is 0 Å². The number of rotatable bonds is 7. The molecule has 2 aromatic carbocycles. The first kappa shape index (κ1) is 20.0. The fourth-order valence-corrected chi connectivity index (χ4v) is 2.94. The maximum absolute atomic E-state index is 11.9. The lowest BCUT2D eigenvalue weighted by Crippen LogP contribution is -2.37. The summed E-state index contributed by atoms with van der Waals surface area (Å²) < 4.78 is 0. The minimum Gasteiger partial charge on any atom is -0.478 e. The maximum atomic E-state index is 11.9. The van der Waals surface area contributed by atoms with E-state index in [1.807, 2.05) is 55.5 Å². The Labute approximate surface area is 162 Å². The smallest absolute Gasteiger partial charge is 0.328 e. The molecule has 2 aromatic rings. The first-order chi connectivity index (χ1) is 12.3. The third-order valence-electron chi connectivity index (χ3n) is 4.02. The Morgan fingerprint density at radius 2 is 1.54 bits per heavy atom. The second-order valence-electron chi connectivity index (χ2n) is 5.96. The van der Waals surface area contributed by atoms with Crippen LogP contribution in [0.15, 0.2) is 60.7 Å². The molecule has 2 N–H and O–H groups in total. The highest BCUT2D eigenvalue weighted by Gasteiger charge is 2.21. The molecule has 0 aliphatic carbocycles. The lowest BCUT2D eigenvalue weighted by molar-refractivity contribution is -0.131. The first-order valence-corrected chi connectivity index (χ1v) is 8.82. The van der Waals surface area contributed by atoms with Crippen LogP contribution in [-0.2, 0) is 16.0 Å². The molecule has 0 heterocycles. The number of hydrogen-bond acceptors (Lipinski definition) is 2. The van der Waals surface area contributed by atoms with Gasteiger partial charge in [-0.25, -0.2) is 4.79 Å². The molecule has 0 saturated carbocycles. The Bertz CT molecular complexity index is 786. The number of benzene rings is 2. The highest BCUT2D eigenvalue weighted by atomic mass is 35.5. The van der Waals surface area contributed by atoms with Gasteiger partial charge in [-0.2, -0.15) is 0 Å². The van der Waals surface area contributed by atoms with Gasteiger partial charge in [0.1, 0.15) is 0 Å². The molecule has 136 valence electrons. The van der Waals surface area contributed by atoms with E-state index in [1.165, 1.54) is 0 Å². The van der Waals surface area contributed by atoms with Gasteiger partial charge in [0.2, 0.25) is 5.91 Å². The number of halogens is 2. The van der Waals surface area contributed by atoms with Crippen LogP contribution in [0, 0.1) is 0 Å². The molecule has 0 spiro atoms. The molecule has 0 saturated heterocycles. The highest BCUT2D eigenvalue weighted by molar-refractivity contribution is 6.30. The molecule has 0 aliphatic rings. The molecule has 2 atom stereocenters. The molecule has 0 radical (unpaired) electrons. The van der Waals surface area contributed by atoms with Gasteiger partial charge in [-0.15, -0.1) is 0 Å². The zero-order valence-electron chi connectivity index (χ0n) is 14.2. The van der Waals surface area contributed by atoms with E-state index in [0.717, 1.165) is 23.3 Å². The molecule has 6 heteroatoms. The molecule has 0 fully saturated rings. The number of aliphatic carboxylic acids is 1. The molecule has 0 unspecified atom stereocenters. The lowest BCUT2D eigenvalue weighted by Gasteiger charge is -2.25. The van der Waals surface area contributed by atoms with Gasteiger partial charge in [0.05, 0.1) is 0 Å². The highest BCUT2D eigenvalue weighted by Crippen LogP contribution is 2.26. The van der Waals surface area contributed by atoms with E-state index in [9.17, 15) is 9.59 Å². The third-order valence-corrected chi connectivity index (χ3v) is 4.52. The lowest BCUT2D eigenvalue weighted by atomic mass is 9.86. The van der Waals surface area contributed by atoms with Gasteiger partial charge in [-0.05, 0) is 48.7 Å². The summed E-state index contributed by atoms with van der Waals surface area (Å²) in [5.41, 5.74) is 2.11. The second kappa shape index (κ2) is 9.41. The minimum absolute atomic E-state index is 0.0179. The van der Waals surface area contributed by atoms with E-state index in [0.29, 0.717) is 16.5 Å². The van der Waals surface area contributed by atoms with Crippen LogP contribution in [0.5, 0.6) is 0 Å². The molecule has 0 aliphatic heterocycles. The van der Waals surface area contributed by atoms with Crippen LogP contribution < -0.4 is 5.32 Å². The van der Waals surface area contributed by atoms with Crippen molar-refractivity contribution in [2.45, 2.75) is 25.3 Å². The molecular formula is C20H19Cl2NO3. The Balaban J connectivity index is 2.21. The van der Waals surface area contributed by atoms with Crippen LogP contribution in [0.1, 0.15) is 24.0 Å². The van der Waals surface area contributed by atoms with Crippen molar-refractivity contribution in [3.63, 3.8) is 0 Å². The quantitative estimate of drug-likeness (QED) is 0.684. The average Bonchev–Trinajstić information content (AvgIpc) is 2.60. The molecule has 26 heavy (non-hydrogen) atoms. The van der Waals surface area contributed by atoms with E-state index < -0.39 is 11.9 Å². The van der Waals surface area contributed by atoms with Crippen molar-refractivity contribution < 1.29 is 14.7 Å². The van der Waals surface area contributed by atoms with Gasteiger partial charge in [0.15, 0.2) is 0 Å². The van der Waals surface area contributed by atoms with Gasteiger partial charge in [-0.3, -0.25) is 4.79 Å². The van der Waals surface area contributed by atoms with Gasteiger partial charge in [-0.1, -0.05) is 47.5 Å². The summed E-state index contributed by atoms with van der Waals surface area (Å²) in [6.07, 6.45) is 2.52. The topological polar surface area (TPSA) is 66.4 Å². The van der Waals surface area contributed by atoms with E-state index in [1.54, 1.807) is 0 Å². The predicted molar refractivity (Wildman–Crippen MR) is 104 cm³/mol. The van der Waals surface area contributed by atoms with Crippen LogP contribution in [-0.4, -0.2) is 23.0 Å². The molecule has 0 aromatic heterocycles. The SMILES string of the molecule is C[C@@H](NC(=O)/C=C/C(=O)O)[C@H](Cc1ccc(Cl)cc1)c1ccc(Cl)cc1. The number of carboxylic acids is 1. The number of carboxylic acid groups (broad SMARTS) is 1. The summed E-state index contributed by atoms with van der Waals surface area (Å²) >= 11 is 11.9. The van der Waals surface area contributed by atoms with Crippen LogP contribution in [0.4, 0.5) is 0 Å². The minimum atomic E-state index is -1.16. The van der Waals surface area contributed by atoms with Gasteiger partial charge < -0.3 is 10.4 Å². The molecule has 0 bridgehead atoms. The van der Waals surface area contributed by atoms with Crippen molar-refractivity contribution in [2.24, 2.45) is 0 Å². The van der Waals surface area contributed by atoms with E-state index in [2.05, 4.69) is 5.32 Å². The number of hydrogen-bond donors (Lipinski definition) is 2. The second-order valence-corrected chi connectivity index (χ2v) is 6.83. The Morgan fingerprint density at radius 1 is 1.00 bits per heavy atom. The van der Waals surface area contributed by atoms with Crippen molar-refractivity contribution >= 4 is 35.1 Å². The summed E-state index contributed by atoms with van der Waals surface area (Å²) in [7, 11) is 0. The van der Waals surface area contributed by atoms with Crippen molar-refractivity contribution in [1.29, 1.82) is 0 Å². The summed E-state index contributed by atoms with van der Waals surface area (Å²) in [6, 6.07) is 14.8. The normalized spacial score (nSPS) is 13.3. The van der Waals surface area contributed by atoms with Crippen molar-refractivity contribution in [3.8, 4) is 0 Å². The molecular weight excluding hydrogens is 373 g/mol. The summed E-state index contributed by atoms with van der Waals surface area (Å²) in [5, 5.41) is 12.8. The number of carbonyl (C=O) groups is 2. The fraction of sp³-hybridized carbons (Fsp3) is 0.200. The third kappa shape index (κ3) is 6.21. The standard InChI is InChI=1S/C20H19Cl2NO3/c1-13(23-19(24)10-11-20(25)26)18(15-4-8-17(22)9-5-15)12-14-2-6-16(21)7-3-14/h2-11,13,18H,12H2,1H3,(H,23,24)(H,25,26)/b11-10+/t13-,18+/m1/s1. The molecule has 1 amide bonds. The van der Waals surface area contributed by atoms with Gasteiger partial charge in [0.25, 0.3) is 0 Å². The van der Waals surface area contributed by atoms with Crippen LogP contribution in [0.25, 0.3) is 0 Å². The zero-order valence-corrected chi connectivity index (χ0v) is 15.7. The number of amides is 1. The largest absolute Gasteiger partial charge is 0.478 e. The van der Waals surface area contributed by atoms with E-state index in [-0.39, 0.29) is 12.0 Å². The summed E-state index contributed by atoms with van der Waals surface area (Å²) in [5.74, 6) is -1.63. The molecule has 4 nitrogen and oxygen atoms in total. The van der Waals surface area contributed by atoms with Crippen molar-refractivity contribution in [1.82, 2.24) is 5.32 Å². The fourth-order valence-electron chi connectivity index (χ4n) is 2.69. The molecule has 2 rings (SSSR count). The zero-order chi connectivity index (χ0) is 19.1. The maximum Gasteiger partial charge on any atom is 0.328 e. The number of nitrogens with one attached hydrogen (secondary N) is 1. The average molecular weight is 392 g/mol. The van der Waals surface area contributed by atoms with E-state index in [4.69, 9.17) is 28.3 Å². The van der Waals surface area contributed by atoms with Gasteiger partial charge in [0, 0.05) is 34.2 Å². The Kier molecular flexibility index (Phi) is 7.25.